The van der Waals surface area contributed by atoms with E-state index in [2.05, 4.69) is 45.9 Å². The number of nitrogens with zero attached hydrogens (tertiary/aromatic N) is 2. The van der Waals surface area contributed by atoms with E-state index in [1.807, 2.05) is 6.07 Å². The summed E-state index contributed by atoms with van der Waals surface area (Å²) in [6.07, 6.45) is 3.68. The lowest BCUT2D eigenvalue weighted by molar-refractivity contribution is 0.528. The number of aromatic nitrogens is 2. The Kier molecular flexibility index (Phi) is 4.64. The van der Waals surface area contributed by atoms with Crippen LogP contribution in [0.1, 0.15) is 30.0 Å². The summed E-state index contributed by atoms with van der Waals surface area (Å²) in [5, 5.41) is 4.65. The highest BCUT2D eigenvalue weighted by Crippen LogP contribution is 2.18. The van der Waals surface area contributed by atoms with E-state index in [0.29, 0.717) is 6.04 Å². The van der Waals surface area contributed by atoms with Gasteiger partial charge in [-0.2, -0.15) is 4.37 Å². The van der Waals surface area contributed by atoms with Crippen LogP contribution >= 0.6 is 11.5 Å². The van der Waals surface area contributed by atoms with E-state index in [4.69, 9.17) is 0 Å². The van der Waals surface area contributed by atoms with Crippen LogP contribution in [0.15, 0.2) is 36.7 Å². The summed E-state index contributed by atoms with van der Waals surface area (Å²) in [7, 11) is 0. The normalized spacial score (nSPS) is 12.5. The summed E-state index contributed by atoms with van der Waals surface area (Å²) in [5.41, 5.74) is 1.32. The lowest BCUT2D eigenvalue weighted by atomic mass is 10.0. The molecule has 1 aromatic carbocycles. The van der Waals surface area contributed by atoms with E-state index < -0.39 is 0 Å². The molecule has 0 spiro atoms. The van der Waals surface area contributed by atoms with Gasteiger partial charge in [0.15, 0.2) is 0 Å². The summed E-state index contributed by atoms with van der Waals surface area (Å²) in [6, 6.07) is 10.9. The van der Waals surface area contributed by atoms with Crippen molar-refractivity contribution >= 4 is 11.5 Å². The van der Waals surface area contributed by atoms with Crippen molar-refractivity contribution in [3.8, 4) is 0 Å². The first-order valence-corrected chi connectivity index (χ1v) is 6.71. The maximum absolute atomic E-state index is 4.26. The first-order chi connectivity index (χ1) is 8.40. The Morgan fingerprint density at radius 2 is 2.12 bits per heavy atom. The Morgan fingerprint density at radius 3 is 2.76 bits per heavy atom. The van der Waals surface area contributed by atoms with E-state index >= 15 is 0 Å². The summed E-state index contributed by atoms with van der Waals surface area (Å²) < 4.78 is 4.05. The lowest BCUT2D eigenvalue weighted by Crippen LogP contribution is -2.24. The third-order valence-electron chi connectivity index (χ3n) is 2.63. The number of hydrogen-bond acceptors (Lipinski definition) is 4. The highest BCUT2D eigenvalue weighted by Gasteiger charge is 2.12. The van der Waals surface area contributed by atoms with Crippen molar-refractivity contribution in [1.82, 2.24) is 14.7 Å². The van der Waals surface area contributed by atoms with Gasteiger partial charge in [-0.25, -0.2) is 4.98 Å². The highest BCUT2D eigenvalue weighted by molar-refractivity contribution is 7.05. The van der Waals surface area contributed by atoms with Crippen molar-refractivity contribution in [2.45, 2.75) is 25.8 Å². The zero-order valence-electron chi connectivity index (χ0n) is 9.97. The van der Waals surface area contributed by atoms with Crippen molar-refractivity contribution in [2.75, 3.05) is 6.54 Å². The van der Waals surface area contributed by atoms with Crippen LogP contribution in [0.2, 0.25) is 0 Å². The second kappa shape index (κ2) is 6.47. The van der Waals surface area contributed by atoms with Gasteiger partial charge in [-0.3, -0.25) is 0 Å². The van der Waals surface area contributed by atoms with Crippen LogP contribution in [-0.4, -0.2) is 15.9 Å². The summed E-state index contributed by atoms with van der Waals surface area (Å²) >= 11 is 1.48. The van der Waals surface area contributed by atoms with Gasteiger partial charge < -0.3 is 5.32 Å². The fourth-order valence-corrected chi connectivity index (χ4v) is 2.32. The van der Waals surface area contributed by atoms with E-state index in [9.17, 15) is 0 Å². The summed E-state index contributed by atoms with van der Waals surface area (Å²) in [5.74, 6) is 0. The molecule has 0 fully saturated rings. The molecule has 0 radical (unpaired) electrons. The quantitative estimate of drug-likeness (QED) is 0.853. The minimum absolute atomic E-state index is 0.337. The molecule has 0 bridgehead atoms. The highest BCUT2D eigenvalue weighted by atomic mass is 32.1. The van der Waals surface area contributed by atoms with Crippen molar-refractivity contribution in [3.63, 3.8) is 0 Å². The van der Waals surface area contributed by atoms with Gasteiger partial charge >= 0.3 is 0 Å². The predicted molar refractivity (Wildman–Crippen MR) is 71.1 cm³/mol. The van der Waals surface area contributed by atoms with E-state index in [1.54, 1.807) is 6.33 Å². The maximum Gasteiger partial charge on any atom is 0.129 e. The van der Waals surface area contributed by atoms with Crippen LogP contribution in [-0.2, 0) is 6.42 Å². The van der Waals surface area contributed by atoms with Crippen LogP contribution in [0.5, 0.6) is 0 Å². The average Bonchev–Trinajstić information content (AvgIpc) is 2.88. The Morgan fingerprint density at radius 1 is 1.29 bits per heavy atom. The van der Waals surface area contributed by atoms with Crippen LogP contribution in [0.25, 0.3) is 0 Å². The number of nitrogens with one attached hydrogen (secondary N) is 1. The molecule has 1 heterocycles. The molecule has 17 heavy (non-hydrogen) atoms. The van der Waals surface area contributed by atoms with Gasteiger partial charge in [0.25, 0.3) is 0 Å². The van der Waals surface area contributed by atoms with Gasteiger partial charge in [-0.1, -0.05) is 37.3 Å². The molecular formula is C13H17N3S. The SMILES string of the molecule is CCCNC(Cc1ncns1)c1ccccc1. The van der Waals surface area contributed by atoms with Gasteiger partial charge in [0, 0.05) is 12.5 Å². The van der Waals surface area contributed by atoms with Crippen LogP contribution < -0.4 is 5.32 Å². The molecule has 1 N–H and O–H groups in total. The zero-order valence-corrected chi connectivity index (χ0v) is 10.8. The first kappa shape index (κ1) is 12.2. The minimum atomic E-state index is 0.337. The number of rotatable bonds is 6. The molecule has 1 atom stereocenters. The van der Waals surface area contributed by atoms with Gasteiger partial charge in [0.05, 0.1) is 0 Å². The van der Waals surface area contributed by atoms with Gasteiger partial charge in [0.2, 0.25) is 0 Å². The molecule has 0 saturated carbocycles. The smallest absolute Gasteiger partial charge is 0.129 e. The Bertz CT molecular complexity index is 413. The molecule has 0 saturated heterocycles. The number of benzene rings is 1. The predicted octanol–water partition coefficient (Wildman–Crippen LogP) is 2.82. The standard InChI is InChI=1S/C13H17N3S/c1-2-8-14-12(9-13-15-10-16-17-13)11-6-4-3-5-7-11/h3-7,10,12,14H,2,8-9H2,1H3. The molecule has 2 aromatic rings. The lowest BCUT2D eigenvalue weighted by Gasteiger charge is -2.17. The number of hydrogen-bond donors (Lipinski definition) is 1. The molecule has 0 aliphatic heterocycles. The first-order valence-electron chi connectivity index (χ1n) is 5.94. The molecule has 0 aliphatic rings. The van der Waals surface area contributed by atoms with Crippen molar-refractivity contribution < 1.29 is 0 Å². The average molecular weight is 247 g/mol. The molecule has 0 amide bonds. The molecule has 0 aliphatic carbocycles. The largest absolute Gasteiger partial charge is 0.310 e. The zero-order chi connectivity index (χ0) is 11.9. The van der Waals surface area contributed by atoms with Crippen molar-refractivity contribution in [3.05, 3.63) is 47.2 Å². The van der Waals surface area contributed by atoms with E-state index in [0.717, 1.165) is 24.4 Å². The molecule has 1 aromatic heterocycles. The topological polar surface area (TPSA) is 37.8 Å². The van der Waals surface area contributed by atoms with Gasteiger partial charge in [0.1, 0.15) is 11.3 Å². The van der Waals surface area contributed by atoms with Crippen molar-refractivity contribution in [2.24, 2.45) is 0 Å². The van der Waals surface area contributed by atoms with Gasteiger partial charge in [-0.05, 0) is 30.1 Å². The van der Waals surface area contributed by atoms with E-state index in [1.165, 1.54) is 17.1 Å². The summed E-state index contributed by atoms with van der Waals surface area (Å²) in [4.78, 5) is 4.26. The van der Waals surface area contributed by atoms with E-state index in [-0.39, 0.29) is 0 Å². The molecule has 4 heteroatoms. The fourth-order valence-electron chi connectivity index (χ4n) is 1.77. The van der Waals surface area contributed by atoms with Crippen molar-refractivity contribution in [1.29, 1.82) is 0 Å². The van der Waals surface area contributed by atoms with Crippen LogP contribution in [0.4, 0.5) is 0 Å². The molecular weight excluding hydrogens is 230 g/mol. The molecule has 1 unspecified atom stereocenters. The van der Waals surface area contributed by atoms with Gasteiger partial charge in [-0.15, -0.1) is 0 Å². The monoisotopic (exact) mass is 247 g/mol. The minimum Gasteiger partial charge on any atom is -0.310 e. The molecule has 2 rings (SSSR count). The molecule has 90 valence electrons. The Hall–Kier alpha value is -1.26. The second-order valence-corrected chi connectivity index (χ2v) is 4.82. The Labute approximate surface area is 106 Å². The van der Waals surface area contributed by atoms with Crippen LogP contribution in [0, 0.1) is 0 Å². The third kappa shape index (κ3) is 3.61. The maximum atomic E-state index is 4.26. The summed E-state index contributed by atoms with van der Waals surface area (Å²) in [6.45, 7) is 3.21. The fraction of sp³-hybridized carbons (Fsp3) is 0.385. The third-order valence-corrected chi connectivity index (χ3v) is 3.31. The van der Waals surface area contributed by atoms with Crippen LogP contribution in [0.3, 0.4) is 0 Å². The Balaban J connectivity index is 2.08. The molecule has 3 nitrogen and oxygen atoms in total. The second-order valence-electron chi connectivity index (χ2n) is 3.96.